The molecule has 0 aliphatic carbocycles. The molecule has 0 atom stereocenters. The van der Waals surface area contributed by atoms with E-state index in [1.54, 1.807) is 22.1 Å². The van der Waals surface area contributed by atoms with Crippen molar-refractivity contribution in [3.63, 3.8) is 0 Å². The Bertz CT molecular complexity index is 1230. The third kappa shape index (κ3) is 4.48. The fourth-order valence-corrected chi connectivity index (χ4v) is 5.54. The van der Waals surface area contributed by atoms with Gasteiger partial charge in [0.15, 0.2) is 5.16 Å². The molecule has 0 aliphatic heterocycles. The van der Waals surface area contributed by atoms with E-state index in [0.717, 1.165) is 21.0 Å². The zero-order valence-corrected chi connectivity index (χ0v) is 19.0. The van der Waals surface area contributed by atoms with Crippen LogP contribution < -0.4 is 10.9 Å². The highest BCUT2D eigenvalue weighted by Gasteiger charge is 2.18. The highest BCUT2D eigenvalue weighted by molar-refractivity contribution is 7.99. The fraction of sp³-hybridized carbons (Fsp3) is 0.238. The first kappa shape index (κ1) is 20.8. The van der Waals surface area contributed by atoms with Gasteiger partial charge in [-0.05, 0) is 43.0 Å². The van der Waals surface area contributed by atoms with Crippen molar-refractivity contribution in [3.05, 3.63) is 73.3 Å². The Hall–Kier alpha value is -2.49. The third-order valence-corrected chi connectivity index (χ3v) is 7.63. The molecule has 154 valence electrons. The maximum Gasteiger partial charge on any atom is 0.263 e. The van der Waals surface area contributed by atoms with Crippen molar-refractivity contribution < 1.29 is 4.79 Å². The average molecular weight is 457 g/mol. The normalized spacial score (nSPS) is 11.1. The Balaban J connectivity index is 1.61. The molecule has 6 nitrogen and oxygen atoms in total. The molecule has 1 amide bonds. The zero-order valence-electron chi connectivity index (χ0n) is 16.5. The minimum absolute atomic E-state index is 0.0889. The Morgan fingerprint density at radius 2 is 2.10 bits per heavy atom. The summed E-state index contributed by atoms with van der Waals surface area (Å²) in [6.45, 7) is 4.77. The summed E-state index contributed by atoms with van der Waals surface area (Å²) < 4.78 is 1.63. The summed E-state index contributed by atoms with van der Waals surface area (Å²) in [6, 6.07) is 9.56. The van der Waals surface area contributed by atoms with Crippen molar-refractivity contribution in [3.8, 4) is 0 Å². The minimum Gasteiger partial charge on any atom is -0.350 e. The summed E-state index contributed by atoms with van der Waals surface area (Å²) in [5.41, 5.74) is 1.65. The molecule has 4 rings (SSSR count). The second-order valence-corrected chi connectivity index (χ2v) is 9.89. The lowest BCUT2D eigenvalue weighted by Gasteiger charge is -2.12. The molecule has 0 radical (unpaired) electrons. The van der Waals surface area contributed by atoms with Gasteiger partial charge in [0.05, 0.1) is 29.9 Å². The summed E-state index contributed by atoms with van der Waals surface area (Å²) >= 11 is 4.40. The van der Waals surface area contributed by atoms with E-state index in [9.17, 15) is 9.59 Å². The van der Waals surface area contributed by atoms with Gasteiger partial charge < -0.3 is 5.32 Å². The van der Waals surface area contributed by atoms with Gasteiger partial charge in [0, 0.05) is 16.0 Å². The smallest absolute Gasteiger partial charge is 0.263 e. The number of rotatable bonds is 7. The van der Waals surface area contributed by atoms with Crippen LogP contribution in [0.1, 0.15) is 21.0 Å². The van der Waals surface area contributed by atoms with E-state index in [2.05, 4.69) is 10.3 Å². The first-order valence-corrected chi connectivity index (χ1v) is 12.0. The van der Waals surface area contributed by atoms with Gasteiger partial charge in [-0.15, -0.1) is 22.7 Å². The van der Waals surface area contributed by atoms with Gasteiger partial charge in [0.1, 0.15) is 4.83 Å². The van der Waals surface area contributed by atoms with E-state index in [1.165, 1.54) is 23.1 Å². The summed E-state index contributed by atoms with van der Waals surface area (Å²) in [5.74, 6) is 0.0974. The Morgan fingerprint density at radius 3 is 2.83 bits per heavy atom. The number of nitrogens with zero attached hydrogens (tertiary/aromatic N) is 3. The van der Waals surface area contributed by atoms with Crippen molar-refractivity contribution in [1.82, 2.24) is 19.9 Å². The third-order valence-electron chi connectivity index (χ3n) is 4.67. The molecule has 4 aromatic rings. The minimum atomic E-state index is -0.0920. The zero-order chi connectivity index (χ0) is 21.1. The second kappa shape index (κ2) is 9.11. The van der Waals surface area contributed by atoms with Gasteiger partial charge in [0.2, 0.25) is 5.91 Å². The lowest BCUT2D eigenvalue weighted by molar-refractivity contribution is -0.118. The molecule has 4 aromatic heterocycles. The number of fused-ring (bicyclic) bond motifs is 1. The number of aromatic nitrogens is 3. The standard InChI is InChI=1S/C21H20N4O2S3/c1-13-14(2)30-19-18(13)20(27)25(11-15-6-3-4-8-22-15)21(24-19)29-12-17(26)23-10-16-7-5-9-28-16/h3-9H,10-12H2,1-2H3,(H,23,26). The van der Waals surface area contributed by atoms with Crippen LogP contribution in [0.4, 0.5) is 0 Å². The van der Waals surface area contributed by atoms with E-state index < -0.39 is 0 Å². The van der Waals surface area contributed by atoms with Crippen LogP contribution in [0.3, 0.4) is 0 Å². The van der Waals surface area contributed by atoms with Gasteiger partial charge in [-0.3, -0.25) is 19.1 Å². The molecule has 0 saturated heterocycles. The van der Waals surface area contributed by atoms with Crippen LogP contribution in [-0.4, -0.2) is 26.2 Å². The van der Waals surface area contributed by atoms with E-state index in [4.69, 9.17) is 4.98 Å². The van der Waals surface area contributed by atoms with E-state index in [-0.39, 0.29) is 17.2 Å². The maximum absolute atomic E-state index is 13.3. The lowest BCUT2D eigenvalue weighted by Crippen LogP contribution is -2.27. The van der Waals surface area contributed by atoms with Gasteiger partial charge in [0.25, 0.3) is 5.56 Å². The molecule has 30 heavy (non-hydrogen) atoms. The number of nitrogens with one attached hydrogen (secondary N) is 1. The summed E-state index contributed by atoms with van der Waals surface area (Å²) in [6.07, 6.45) is 1.71. The molecule has 4 heterocycles. The highest BCUT2D eigenvalue weighted by Crippen LogP contribution is 2.28. The number of carbonyl (C=O) groups is 1. The Labute approximate surface area is 186 Å². The van der Waals surface area contributed by atoms with Crippen molar-refractivity contribution >= 4 is 50.6 Å². The van der Waals surface area contributed by atoms with Crippen LogP contribution in [0.5, 0.6) is 0 Å². The van der Waals surface area contributed by atoms with E-state index in [1.807, 2.05) is 49.6 Å². The fourth-order valence-electron chi connectivity index (χ4n) is 2.99. The predicted molar refractivity (Wildman–Crippen MR) is 124 cm³/mol. The number of aryl methyl sites for hydroxylation is 2. The molecular formula is C21H20N4O2S3. The number of amides is 1. The van der Waals surface area contributed by atoms with Crippen molar-refractivity contribution in [2.75, 3.05) is 5.75 Å². The molecule has 0 spiro atoms. The maximum atomic E-state index is 13.3. The van der Waals surface area contributed by atoms with Crippen LogP contribution >= 0.6 is 34.4 Å². The quantitative estimate of drug-likeness (QED) is 0.336. The molecule has 0 fully saturated rings. The largest absolute Gasteiger partial charge is 0.350 e. The van der Waals surface area contributed by atoms with Crippen molar-refractivity contribution in [1.29, 1.82) is 0 Å². The van der Waals surface area contributed by atoms with Gasteiger partial charge in [-0.25, -0.2) is 4.98 Å². The Morgan fingerprint density at radius 1 is 1.23 bits per heavy atom. The number of hydrogen-bond donors (Lipinski definition) is 1. The molecule has 0 saturated carbocycles. The SMILES string of the molecule is Cc1sc2nc(SCC(=O)NCc3cccs3)n(Cc3ccccn3)c(=O)c2c1C. The first-order valence-electron chi connectivity index (χ1n) is 9.35. The predicted octanol–water partition coefficient (Wildman–Crippen LogP) is 3.99. The number of carbonyl (C=O) groups excluding carboxylic acids is 1. The number of hydrogen-bond acceptors (Lipinski definition) is 7. The Kier molecular flexibility index (Phi) is 6.31. The monoisotopic (exact) mass is 456 g/mol. The van der Waals surface area contributed by atoms with Gasteiger partial charge >= 0.3 is 0 Å². The molecule has 0 bridgehead atoms. The van der Waals surface area contributed by atoms with Crippen LogP contribution in [-0.2, 0) is 17.9 Å². The molecule has 1 N–H and O–H groups in total. The molecule has 0 unspecified atom stereocenters. The average Bonchev–Trinajstić information content (AvgIpc) is 3.36. The van der Waals surface area contributed by atoms with Crippen LogP contribution in [0.25, 0.3) is 10.2 Å². The van der Waals surface area contributed by atoms with Gasteiger partial charge in [-0.1, -0.05) is 23.9 Å². The summed E-state index contributed by atoms with van der Waals surface area (Å²) in [7, 11) is 0. The number of thiophene rings is 2. The molecule has 9 heteroatoms. The summed E-state index contributed by atoms with van der Waals surface area (Å²) in [5, 5.41) is 6.08. The van der Waals surface area contributed by atoms with Gasteiger partial charge in [-0.2, -0.15) is 0 Å². The van der Waals surface area contributed by atoms with E-state index in [0.29, 0.717) is 28.5 Å². The number of thioether (sulfide) groups is 1. The first-order chi connectivity index (χ1) is 14.5. The van der Waals surface area contributed by atoms with Crippen LogP contribution in [0.15, 0.2) is 51.9 Å². The lowest BCUT2D eigenvalue weighted by atomic mass is 10.2. The summed E-state index contributed by atoms with van der Waals surface area (Å²) in [4.78, 5) is 37.6. The highest BCUT2D eigenvalue weighted by atomic mass is 32.2. The topological polar surface area (TPSA) is 76.9 Å². The van der Waals surface area contributed by atoms with Crippen LogP contribution in [0.2, 0.25) is 0 Å². The number of pyridine rings is 1. The molecular weight excluding hydrogens is 436 g/mol. The van der Waals surface area contributed by atoms with E-state index >= 15 is 0 Å². The molecule has 0 aliphatic rings. The second-order valence-electron chi connectivity index (χ2n) is 6.71. The van der Waals surface area contributed by atoms with Crippen molar-refractivity contribution in [2.24, 2.45) is 0 Å². The van der Waals surface area contributed by atoms with Crippen molar-refractivity contribution in [2.45, 2.75) is 32.1 Å². The van der Waals surface area contributed by atoms with Crippen LogP contribution in [0, 0.1) is 13.8 Å². The molecule has 0 aromatic carbocycles.